The van der Waals surface area contributed by atoms with Gasteiger partial charge in [0.1, 0.15) is 5.75 Å². The summed E-state index contributed by atoms with van der Waals surface area (Å²) in [6.45, 7) is 5.79. The third kappa shape index (κ3) is 7.33. The maximum absolute atomic E-state index is 14.0. The minimum absolute atomic E-state index is 0.182. The number of aromatic nitrogens is 2. The molecule has 3 amide bonds. The van der Waals surface area contributed by atoms with E-state index in [2.05, 4.69) is 27.5 Å². The molecule has 0 unspecified atom stereocenters. The number of hydrogen-bond acceptors (Lipinski definition) is 7. The third-order valence-corrected chi connectivity index (χ3v) is 8.62. The van der Waals surface area contributed by atoms with Crippen molar-refractivity contribution in [2.45, 2.75) is 32.6 Å². The molecular weight excluding hydrogens is 600 g/mol. The molecule has 0 radical (unpaired) electrons. The third-order valence-electron chi connectivity index (χ3n) is 8.62. The highest BCUT2D eigenvalue weighted by atomic mass is 16.5. The molecule has 1 fully saturated rings. The van der Waals surface area contributed by atoms with E-state index < -0.39 is 5.91 Å². The van der Waals surface area contributed by atoms with Crippen LogP contribution >= 0.6 is 0 Å². The summed E-state index contributed by atoms with van der Waals surface area (Å²) in [5.74, 6) is 0.619. The van der Waals surface area contributed by atoms with Gasteiger partial charge in [0.05, 0.1) is 41.6 Å². The van der Waals surface area contributed by atoms with Gasteiger partial charge in [0.15, 0.2) is 5.75 Å². The highest BCUT2D eigenvalue weighted by molar-refractivity contribution is 6.13. The van der Waals surface area contributed by atoms with Gasteiger partial charge in [0.25, 0.3) is 11.5 Å². The smallest absolute Gasteiger partial charge is 0.272 e. The number of rotatable bonds is 13. The van der Waals surface area contributed by atoms with Crippen molar-refractivity contribution in [3.8, 4) is 22.6 Å². The number of fused-ring (bicyclic) bond motifs is 1. The molecule has 0 aliphatic carbocycles. The number of anilines is 2. The number of nitrogens with one attached hydrogen (secondary N) is 3. The Bertz CT molecular complexity index is 1810. The van der Waals surface area contributed by atoms with Crippen LogP contribution in [0.1, 0.15) is 41.6 Å². The van der Waals surface area contributed by atoms with Crippen LogP contribution in [0, 0.1) is 6.92 Å². The molecule has 0 bridgehead atoms. The summed E-state index contributed by atoms with van der Waals surface area (Å²) in [6.07, 6.45) is 3.44. The highest BCUT2D eigenvalue weighted by Gasteiger charge is 2.26. The number of piperazine rings is 1. The van der Waals surface area contributed by atoms with Gasteiger partial charge >= 0.3 is 0 Å². The number of likely N-dealkylation sites (N-methyl/N-ethyl adjacent to an activating group) is 1. The molecule has 5 rings (SSSR count). The number of hydrogen-bond donors (Lipinski definition) is 3. The molecule has 0 spiro atoms. The average molecular weight is 643 g/mol. The number of benzene rings is 3. The fourth-order valence-corrected chi connectivity index (χ4v) is 5.95. The molecule has 12 nitrogen and oxygen atoms in total. The van der Waals surface area contributed by atoms with Gasteiger partial charge in [-0.1, -0.05) is 18.2 Å². The lowest BCUT2D eigenvalue weighted by atomic mass is 9.97. The van der Waals surface area contributed by atoms with Crippen molar-refractivity contribution in [3.05, 3.63) is 70.0 Å². The van der Waals surface area contributed by atoms with Gasteiger partial charge in [-0.2, -0.15) is 0 Å². The Kier molecular flexibility index (Phi) is 10.6. The molecule has 1 saturated heterocycles. The predicted octanol–water partition coefficient (Wildman–Crippen LogP) is 4.40. The number of H-pyrrole nitrogens is 2. The number of amides is 3. The minimum atomic E-state index is -0.395. The van der Waals surface area contributed by atoms with E-state index in [1.54, 1.807) is 37.4 Å². The Balaban J connectivity index is 1.30. The Morgan fingerprint density at radius 1 is 1.00 bits per heavy atom. The van der Waals surface area contributed by atoms with Crippen LogP contribution in [0.5, 0.6) is 11.5 Å². The maximum Gasteiger partial charge on any atom is 0.272 e. The summed E-state index contributed by atoms with van der Waals surface area (Å²) in [5, 5.41) is 8.53. The van der Waals surface area contributed by atoms with E-state index in [0.29, 0.717) is 52.9 Å². The number of methoxy groups -OCH3 is 1. The summed E-state index contributed by atoms with van der Waals surface area (Å²) < 4.78 is 11.9. The number of unbranched alkanes of at least 4 members (excludes halogenated alkanes) is 2. The normalized spacial score (nSPS) is 13.4. The number of nitrogens with zero attached hydrogens (tertiary/aromatic N) is 3. The first kappa shape index (κ1) is 33.3. The van der Waals surface area contributed by atoms with Crippen molar-refractivity contribution < 1.29 is 23.9 Å². The highest BCUT2D eigenvalue weighted by Crippen LogP contribution is 2.41. The zero-order valence-electron chi connectivity index (χ0n) is 27.4. The van der Waals surface area contributed by atoms with Crippen molar-refractivity contribution in [1.29, 1.82) is 0 Å². The molecule has 4 aromatic rings. The van der Waals surface area contributed by atoms with Crippen LogP contribution in [0.4, 0.5) is 11.4 Å². The molecule has 3 aromatic carbocycles. The Morgan fingerprint density at radius 2 is 1.79 bits per heavy atom. The summed E-state index contributed by atoms with van der Waals surface area (Å²) in [5.41, 5.74) is 3.37. The second kappa shape index (κ2) is 15.0. The molecule has 1 aliphatic heterocycles. The average Bonchev–Trinajstić information content (AvgIpc) is 3.46. The largest absolute Gasteiger partial charge is 0.494 e. The molecule has 47 heavy (non-hydrogen) atoms. The van der Waals surface area contributed by atoms with Crippen LogP contribution < -0.4 is 25.2 Å². The molecule has 1 aliphatic rings. The summed E-state index contributed by atoms with van der Waals surface area (Å²) in [7, 11) is 5.17. The standard InChI is InChI=1S/C35H42N6O6/c1-23-12-15-28(29(21-23)47-20-7-5-6-11-30(43)41-18-16-39(2)17-19-41)40(3)35(45)26-14-13-25(33(46-4)32(26)36-22-42)24-9-8-10-27-31(24)34(44)38-37-27/h8-10,12-15,21-22H,5-7,11,16-20H2,1-4H3,(H,36,42)(H2,37,38,44). The first-order valence-electron chi connectivity index (χ1n) is 15.8. The van der Waals surface area contributed by atoms with Gasteiger partial charge in [0, 0.05) is 50.8 Å². The van der Waals surface area contributed by atoms with Crippen LogP contribution in [-0.4, -0.2) is 92.2 Å². The molecule has 12 heteroatoms. The molecule has 0 saturated carbocycles. The maximum atomic E-state index is 14.0. The second-order valence-corrected chi connectivity index (χ2v) is 11.8. The van der Waals surface area contributed by atoms with Crippen molar-refractivity contribution in [2.75, 3.05) is 64.2 Å². The fourth-order valence-electron chi connectivity index (χ4n) is 5.95. The van der Waals surface area contributed by atoms with E-state index in [9.17, 15) is 19.2 Å². The van der Waals surface area contributed by atoms with E-state index in [1.165, 1.54) is 12.0 Å². The van der Waals surface area contributed by atoms with E-state index in [0.717, 1.165) is 51.0 Å². The van der Waals surface area contributed by atoms with E-state index in [1.807, 2.05) is 30.0 Å². The van der Waals surface area contributed by atoms with Gasteiger partial charge in [-0.05, 0) is 69.1 Å². The van der Waals surface area contributed by atoms with Crippen LogP contribution in [0.2, 0.25) is 0 Å². The molecule has 2 heterocycles. The lowest BCUT2D eigenvalue weighted by molar-refractivity contribution is -0.132. The van der Waals surface area contributed by atoms with Crippen molar-refractivity contribution in [2.24, 2.45) is 0 Å². The van der Waals surface area contributed by atoms with Crippen LogP contribution in [0.25, 0.3) is 22.0 Å². The number of aryl methyl sites for hydroxylation is 1. The second-order valence-electron chi connectivity index (χ2n) is 11.8. The van der Waals surface area contributed by atoms with Gasteiger partial charge < -0.3 is 29.5 Å². The van der Waals surface area contributed by atoms with Gasteiger partial charge in [-0.3, -0.25) is 29.4 Å². The summed E-state index contributed by atoms with van der Waals surface area (Å²) >= 11 is 0. The van der Waals surface area contributed by atoms with Crippen molar-refractivity contribution in [3.63, 3.8) is 0 Å². The number of carbonyl (C=O) groups excluding carboxylic acids is 3. The minimum Gasteiger partial charge on any atom is -0.494 e. The Morgan fingerprint density at radius 3 is 2.53 bits per heavy atom. The van der Waals surface area contributed by atoms with Crippen molar-refractivity contribution >= 4 is 40.5 Å². The predicted molar refractivity (Wildman–Crippen MR) is 183 cm³/mol. The number of ether oxygens (including phenoxy) is 2. The van der Waals surface area contributed by atoms with Gasteiger partial charge in [0.2, 0.25) is 12.3 Å². The molecule has 0 atom stereocenters. The fraction of sp³-hybridized carbons (Fsp3) is 0.371. The van der Waals surface area contributed by atoms with Crippen LogP contribution in [0.3, 0.4) is 0 Å². The first-order chi connectivity index (χ1) is 22.7. The Hall–Kier alpha value is -5.10. The molecule has 1 aromatic heterocycles. The summed E-state index contributed by atoms with van der Waals surface area (Å²) in [4.78, 5) is 56.5. The quantitative estimate of drug-likeness (QED) is 0.145. The molecular formula is C35H42N6O6. The van der Waals surface area contributed by atoms with Crippen LogP contribution in [-0.2, 0) is 9.59 Å². The topological polar surface area (TPSA) is 140 Å². The lowest BCUT2D eigenvalue weighted by Gasteiger charge is -2.32. The molecule has 248 valence electrons. The van der Waals surface area contributed by atoms with Gasteiger partial charge in [-0.25, -0.2) is 0 Å². The number of carbonyl (C=O) groups is 3. The monoisotopic (exact) mass is 642 g/mol. The lowest BCUT2D eigenvalue weighted by Crippen LogP contribution is -2.47. The number of aromatic amines is 2. The van der Waals surface area contributed by atoms with E-state index >= 15 is 0 Å². The van der Waals surface area contributed by atoms with Crippen LogP contribution in [0.15, 0.2) is 53.3 Å². The zero-order chi connectivity index (χ0) is 33.5. The SMILES string of the molecule is COc1c(-c2cccc3[nH][nH]c(=O)c23)ccc(C(=O)N(C)c2ccc(C)cc2OCCCCCC(=O)N2CCN(C)CC2)c1NC=O. The zero-order valence-corrected chi connectivity index (χ0v) is 27.4. The summed E-state index contributed by atoms with van der Waals surface area (Å²) in [6, 6.07) is 14.3. The Labute approximate surface area is 273 Å². The van der Waals surface area contributed by atoms with Crippen molar-refractivity contribution in [1.82, 2.24) is 20.0 Å². The van der Waals surface area contributed by atoms with E-state index in [4.69, 9.17) is 9.47 Å². The van der Waals surface area contributed by atoms with E-state index in [-0.39, 0.29) is 28.5 Å². The molecule has 3 N–H and O–H groups in total. The van der Waals surface area contributed by atoms with Gasteiger partial charge in [-0.15, -0.1) is 0 Å². The first-order valence-corrected chi connectivity index (χ1v) is 15.8.